The third kappa shape index (κ3) is 1.23. The van der Waals surface area contributed by atoms with Crippen molar-refractivity contribution in [3.8, 4) is 0 Å². The molecule has 2 aromatic rings. The molecule has 0 amide bonds. The number of aromatic nitrogens is 1. The summed E-state index contributed by atoms with van der Waals surface area (Å²) in [6, 6.07) is 10.6. The Bertz CT molecular complexity index is 442. The summed E-state index contributed by atoms with van der Waals surface area (Å²) in [6.07, 6.45) is 3.78. The van der Waals surface area contributed by atoms with Gasteiger partial charge in [0.25, 0.3) is 0 Å². The highest BCUT2D eigenvalue weighted by Crippen LogP contribution is 2.19. The Morgan fingerprint density at radius 1 is 1.29 bits per heavy atom. The zero-order valence-corrected chi connectivity index (χ0v) is 8.02. The predicted octanol–water partition coefficient (Wildman–Crippen LogP) is 2.43. The van der Waals surface area contributed by atoms with Crippen molar-refractivity contribution in [2.24, 2.45) is 0 Å². The molecule has 0 radical (unpaired) electrons. The summed E-state index contributed by atoms with van der Waals surface area (Å²) in [7, 11) is 0. The first kappa shape index (κ1) is 8.06. The lowest BCUT2D eigenvalue weighted by Gasteiger charge is -2.27. The highest BCUT2D eigenvalue weighted by molar-refractivity contribution is 5.79. The van der Waals surface area contributed by atoms with Gasteiger partial charge in [-0.05, 0) is 23.9 Å². The molecule has 1 unspecified atom stereocenters. The molecule has 2 heterocycles. The van der Waals surface area contributed by atoms with Crippen LogP contribution in [-0.2, 0) is 11.3 Å². The minimum Gasteiger partial charge on any atom is -0.376 e. The number of ether oxygens (including phenoxy) is 1. The van der Waals surface area contributed by atoms with Crippen LogP contribution in [-0.4, -0.2) is 17.3 Å². The fraction of sp³-hybridized carbons (Fsp3) is 0.333. The molecule has 1 aromatic carbocycles. The number of fused-ring (bicyclic) bond motifs is 1. The van der Waals surface area contributed by atoms with Crippen LogP contribution in [0.25, 0.3) is 10.9 Å². The van der Waals surface area contributed by atoms with Crippen molar-refractivity contribution in [3.63, 3.8) is 0 Å². The Kier molecular flexibility index (Phi) is 1.81. The van der Waals surface area contributed by atoms with Crippen molar-refractivity contribution < 1.29 is 4.74 Å². The molecule has 0 N–H and O–H groups in total. The molecule has 1 saturated heterocycles. The van der Waals surface area contributed by atoms with E-state index in [0.29, 0.717) is 6.10 Å². The zero-order valence-electron chi connectivity index (χ0n) is 8.02. The van der Waals surface area contributed by atoms with Crippen LogP contribution < -0.4 is 0 Å². The Morgan fingerprint density at radius 3 is 2.93 bits per heavy atom. The molecule has 1 aromatic heterocycles. The molecule has 0 spiro atoms. The number of hydrogen-bond acceptors (Lipinski definition) is 1. The normalized spacial score (nSPS) is 21.0. The molecule has 2 heteroatoms. The highest BCUT2D eigenvalue weighted by Gasteiger charge is 2.18. The van der Waals surface area contributed by atoms with Gasteiger partial charge in [-0.15, -0.1) is 0 Å². The Hall–Kier alpha value is -1.28. The van der Waals surface area contributed by atoms with Gasteiger partial charge in [-0.3, -0.25) is 0 Å². The third-order valence-corrected chi connectivity index (χ3v) is 2.87. The maximum atomic E-state index is 5.43. The first-order chi connectivity index (χ1) is 6.93. The Balaban J connectivity index is 1.95. The molecule has 3 rings (SSSR count). The first-order valence-electron chi connectivity index (χ1n) is 5.09. The molecule has 14 heavy (non-hydrogen) atoms. The van der Waals surface area contributed by atoms with E-state index < -0.39 is 0 Å². The zero-order chi connectivity index (χ0) is 9.38. The number of rotatable bonds is 2. The second-order valence-electron chi connectivity index (χ2n) is 3.81. The SMILES string of the molecule is c1ccc2c(c1)ccn2CC1CCO1. The van der Waals surface area contributed by atoms with E-state index in [-0.39, 0.29) is 0 Å². The van der Waals surface area contributed by atoms with E-state index >= 15 is 0 Å². The van der Waals surface area contributed by atoms with Crippen LogP contribution in [0, 0.1) is 0 Å². The number of para-hydroxylation sites is 1. The first-order valence-corrected chi connectivity index (χ1v) is 5.09. The van der Waals surface area contributed by atoms with Gasteiger partial charge >= 0.3 is 0 Å². The van der Waals surface area contributed by atoms with Crippen molar-refractivity contribution >= 4 is 10.9 Å². The van der Waals surface area contributed by atoms with E-state index in [0.717, 1.165) is 13.2 Å². The van der Waals surface area contributed by atoms with Gasteiger partial charge in [-0.2, -0.15) is 0 Å². The van der Waals surface area contributed by atoms with E-state index in [2.05, 4.69) is 41.1 Å². The monoisotopic (exact) mass is 187 g/mol. The largest absolute Gasteiger partial charge is 0.376 e. The van der Waals surface area contributed by atoms with Crippen LogP contribution in [0.2, 0.25) is 0 Å². The van der Waals surface area contributed by atoms with Crippen molar-refractivity contribution in [3.05, 3.63) is 36.5 Å². The van der Waals surface area contributed by atoms with E-state index in [1.165, 1.54) is 17.3 Å². The lowest BCUT2D eigenvalue weighted by molar-refractivity contribution is -0.0586. The second-order valence-corrected chi connectivity index (χ2v) is 3.81. The average molecular weight is 187 g/mol. The molecule has 0 bridgehead atoms. The highest BCUT2D eigenvalue weighted by atomic mass is 16.5. The second kappa shape index (κ2) is 3.14. The predicted molar refractivity (Wildman–Crippen MR) is 56.3 cm³/mol. The molecule has 1 atom stereocenters. The molecular formula is C12H13NO. The van der Waals surface area contributed by atoms with Gasteiger partial charge in [0.15, 0.2) is 0 Å². The van der Waals surface area contributed by atoms with E-state index in [9.17, 15) is 0 Å². The molecule has 1 aliphatic heterocycles. The molecule has 1 aliphatic rings. The van der Waals surface area contributed by atoms with Crippen molar-refractivity contribution in [1.29, 1.82) is 0 Å². The summed E-state index contributed by atoms with van der Waals surface area (Å²) < 4.78 is 7.71. The Labute approximate surface area is 83.1 Å². The fourth-order valence-corrected chi connectivity index (χ4v) is 1.95. The quantitative estimate of drug-likeness (QED) is 0.704. The molecular weight excluding hydrogens is 174 g/mol. The van der Waals surface area contributed by atoms with Crippen LogP contribution >= 0.6 is 0 Å². The Morgan fingerprint density at radius 2 is 2.14 bits per heavy atom. The van der Waals surface area contributed by atoms with Gasteiger partial charge in [-0.25, -0.2) is 0 Å². The molecule has 1 fully saturated rings. The summed E-state index contributed by atoms with van der Waals surface area (Å²) in [5, 5.41) is 1.31. The van der Waals surface area contributed by atoms with Crippen LogP contribution in [0.1, 0.15) is 6.42 Å². The van der Waals surface area contributed by atoms with Gasteiger partial charge in [0, 0.05) is 24.9 Å². The standard InChI is InChI=1S/C12H13NO/c1-2-4-12-10(3-1)5-7-13(12)9-11-6-8-14-11/h1-5,7,11H,6,8-9H2. The minimum atomic E-state index is 0.436. The minimum absolute atomic E-state index is 0.436. The molecule has 72 valence electrons. The van der Waals surface area contributed by atoms with Gasteiger partial charge in [0.1, 0.15) is 0 Å². The maximum absolute atomic E-state index is 5.43. The summed E-state index contributed by atoms with van der Waals surface area (Å²) in [6.45, 7) is 1.93. The van der Waals surface area contributed by atoms with E-state index in [1.54, 1.807) is 0 Å². The maximum Gasteiger partial charge on any atom is 0.0775 e. The van der Waals surface area contributed by atoms with Crippen molar-refractivity contribution in [2.45, 2.75) is 19.1 Å². The van der Waals surface area contributed by atoms with Gasteiger partial charge in [0.05, 0.1) is 6.10 Å². The van der Waals surface area contributed by atoms with E-state index in [1.807, 2.05) is 0 Å². The summed E-state index contributed by atoms with van der Waals surface area (Å²) in [5.41, 5.74) is 1.31. The summed E-state index contributed by atoms with van der Waals surface area (Å²) >= 11 is 0. The molecule has 0 aliphatic carbocycles. The summed E-state index contributed by atoms with van der Waals surface area (Å²) in [4.78, 5) is 0. The van der Waals surface area contributed by atoms with Crippen LogP contribution in [0.5, 0.6) is 0 Å². The van der Waals surface area contributed by atoms with Crippen molar-refractivity contribution in [1.82, 2.24) is 4.57 Å². The smallest absolute Gasteiger partial charge is 0.0775 e. The third-order valence-electron chi connectivity index (χ3n) is 2.87. The molecule has 0 saturated carbocycles. The molecule has 2 nitrogen and oxygen atoms in total. The number of nitrogens with zero attached hydrogens (tertiary/aromatic N) is 1. The summed E-state index contributed by atoms with van der Waals surface area (Å²) in [5.74, 6) is 0. The van der Waals surface area contributed by atoms with E-state index in [4.69, 9.17) is 4.74 Å². The van der Waals surface area contributed by atoms with Gasteiger partial charge in [-0.1, -0.05) is 18.2 Å². The van der Waals surface area contributed by atoms with Crippen molar-refractivity contribution in [2.75, 3.05) is 6.61 Å². The van der Waals surface area contributed by atoms with Gasteiger partial charge in [0.2, 0.25) is 0 Å². The number of benzene rings is 1. The topological polar surface area (TPSA) is 14.2 Å². The van der Waals surface area contributed by atoms with Crippen LogP contribution in [0.15, 0.2) is 36.5 Å². The van der Waals surface area contributed by atoms with Gasteiger partial charge < -0.3 is 9.30 Å². The average Bonchev–Trinajstić information content (AvgIpc) is 2.55. The lowest BCUT2D eigenvalue weighted by atomic mass is 10.2. The number of hydrogen-bond donors (Lipinski definition) is 0. The fourth-order valence-electron chi connectivity index (χ4n) is 1.95. The van der Waals surface area contributed by atoms with Crippen LogP contribution in [0.4, 0.5) is 0 Å². The lowest BCUT2D eigenvalue weighted by Crippen LogP contribution is -2.30. The van der Waals surface area contributed by atoms with Crippen LogP contribution in [0.3, 0.4) is 0 Å².